The zero-order valence-corrected chi connectivity index (χ0v) is 41.4. The van der Waals surface area contributed by atoms with Crippen LogP contribution in [-0.4, -0.2) is 24.1 Å². The third-order valence-corrected chi connectivity index (χ3v) is 16.0. The first-order valence-electron chi connectivity index (χ1n) is 25.1. The molecule has 0 spiro atoms. The first-order chi connectivity index (χ1) is 36.5. The monoisotopic (exact) mass is 1010 g/mol. The lowest BCUT2D eigenvalue weighted by molar-refractivity contribution is -0.138. The fraction of sp³-hybridized carbons (Fsp3) is 0.123. The molecule has 0 saturated heterocycles. The summed E-state index contributed by atoms with van der Waals surface area (Å²) in [6.45, 7) is 8.69. The molecular formula is C65H43F6N5. The number of aromatic nitrogens is 5. The second-order valence-electron chi connectivity index (χ2n) is 20.9. The predicted molar refractivity (Wildman–Crippen MR) is 290 cm³/mol. The highest BCUT2D eigenvalue weighted by Crippen LogP contribution is 2.55. The van der Waals surface area contributed by atoms with Crippen molar-refractivity contribution in [2.24, 2.45) is 0 Å². The number of rotatable bonds is 5. The lowest BCUT2D eigenvalue weighted by Crippen LogP contribution is -2.14. The van der Waals surface area contributed by atoms with Crippen LogP contribution in [0.25, 0.3) is 111 Å². The molecule has 9 aromatic carbocycles. The molecule has 370 valence electrons. The van der Waals surface area contributed by atoms with Crippen molar-refractivity contribution in [2.45, 2.75) is 50.9 Å². The predicted octanol–water partition coefficient (Wildman–Crippen LogP) is 17.7. The van der Waals surface area contributed by atoms with Gasteiger partial charge in [0.1, 0.15) is 0 Å². The number of halogens is 6. The lowest BCUT2D eigenvalue weighted by atomic mass is 9.82. The minimum absolute atomic E-state index is 0.00324. The van der Waals surface area contributed by atoms with Crippen LogP contribution < -0.4 is 0 Å². The number of nitrogens with zero attached hydrogens (tertiary/aromatic N) is 5. The molecule has 11 heteroatoms. The Balaban J connectivity index is 1.10. The molecule has 0 amide bonds. The highest BCUT2D eigenvalue weighted by atomic mass is 19.4. The Morgan fingerprint density at radius 1 is 0.355 bits per heavy atom. The van der Waals surface area contributed by atoms with E-state index in [-0.39, 0.29) is 28.6 Å². The maximum absolute atomic E-state index is 15.3. The highest BCUT2D eigenvalue weighted by molar-refractivity contribution is 6.17. The molecule has 0 saturated carbocycles. The van der Waals surface area contributed by atoms with E-state index < -0.39 is 34.3 Å². The Morgan fingerprint density at radius 2 is 0.750 bits per heavy atom. The van der Waals surface area contributed by atoms with E-state index in [1.54, 1.807) is 24.3 Å². The number of alkyl halides is 6. The summed E-state index contributed by atoms with van der Waals surface area (Å²) in [4.78, 5) is 15.1. The Kier molecular flexibility index (Phi) is 9.54. The largest absolute Gasteiger partial charge is 0.416 e. The Hall–Kier alpha value is -8.83. The Morgan fingerprint density at radius 3 is 1.20 bits per heavy atom. The maximum Gasteiger partial charge on any atom is 0.416 e. The molecule has 0 N–H and O–H groups in total. The van der Waals surface area contributed by atoms with Crippen molar-refractivity contribution >= 4 is 43.6 Å². The summed E-state index contributed by atoms with van der Waals surface area (Å²) in [6.07, 6.45) is -9.59. The summed E-state index contributed by atoms with van der Waals surface area (Å²) in [5.74, 6) is -0.261. The molecule has 0 atom stereocenters. The van der Waals surface area contributed by atoms with Gasteiger partial charge in [-0.2, -0.15) is 26.3 Å². The summed E-state index contributed by atoms with van der Waals surface area (Å²) in [5.41, 5.74) is 9.81. The summed E-state index contributed by atoms with van der Waals surface area (Å²) in [5, 5.41) is 3.55. The van der Waals surface area contributed by atoms with Crippen molar-refractivity contribution in [2.75, 3.05) is 0 Å². The van der Waals surface area contributed by atoms with Crippen LogP contribution in [0.1, 0.15) is 61.1 Å². The fourth-order valence-corrected chi connectivity index (χ4v) is 12.5. The smallest absolute Gasteiger partial charge is 0.308 e. The number of hydrogen-bond donors (Lipinski definition) is 0. The van der Waals surface area contributed by atoms with Gasteiger partial charge >= 0.3 is 12.4 Å². The van der Waals surface area contributed by atoms with Crippen LogP contribution in [0.5, 0.6) is 0 Å². The van der Waals surface area contributed by atoms with Gasteiger partial charge in [0.2, 0.25) is 0 Å². The molecule has 0 aliphatic heterocycles. The zero-order valence-electron chi connectivity index (χ0n) is 41.4. The lowest BCUT2D eigenvalue weighted by Gasteiger charge is -2.22. The van der Waals surface area contributed by atoms with Gasteiger partial charge in [-0.3, -0.25) is 0 Å². The van der Waals surface area contributed by atoms with Gasteiger partial charge in [-0.15, -0.1) is 0 Å². The number of para-hydroxylation sites is 2. The van der Waals surface area contributed by atoms with Crippen LogP contribution >= 0.6 is 0 Å². The summed E-state index contributed by atoms with van der Waals surface area (Å²) in [7, 11) is 0. The fourth-order valence-electron chi connectivity index (χ4n) is 12.5. The molecule has 2 aliphatic carbocycles. The molecule has 0 bridgehead atoms. The van der Waals surface area contributed by atoms with Gasteiger partial charge in [-0.25, -0.2) is 15.0 Å². The van der Waals surface area contributed by atoms with Gasteiger partial charge in [0.25, 0.3) is 0 Å². The summed E-state index contributed by atoms with van der Waals surface area (Å²) in [6, 6.07) is 56.4. The van der Waals surface area contributed by atoms with Gasteiger partial charge in [0.05, 0.1) is 44.6 Å². The average Bonchev–Trinajstić information content (AvgIpc) is 4.27. The molecule has 3 heterocycles. The van der Waals surface area contributed by atoms with E-state index in [4.69, 9.17) is 15.0 Å². The second kappa shape index (κ2) is 15.8. The first-order valence-corrected chi connectivity index (χ1v) is 25.1. The molecule has 0 unspecified atom stereocenters. The van der Waals surface area contributed by atoms with Gasteiger partial charge in [0, 0.05) is 60.2 Å². The molecule has 5 nitrogen and oxygen atoms in total. The quantitative estimate of drug-likeness (QED) is 0.161. The zero-order chi connectivity index (χ0) is 52.2. The van der Waals surface area contributed by atoms with Gasteiger partial charge < -0.3 is 9.13 Å². The first kappa shape index (κ1) is 45.8. The molecule has 14 rings (SSSR count). The van der Waals surface area contributed by atoms with E-state index in [9.17, 15) is 0 Å². The minimum atomic E-state index is -4.80. The molecule has 0 fully saturated rings. The van der Waals surface area contributed by atoms with E-state index in [2.05, 4.69) is 76.2 Å². The summed E-state index contributed by atoms with van der Waals surface area (Å²) < 4.78 is 95.6. The SMILES string of the molecule is CC1(C)c2ccccc2-c2c1ccc1c3ccccc3n(-c3ccc(C(F)(F)F)cc3-c3nc(-c4ccccc4)nc(-c4cc(C(F)(F)F)ccc4-n4c5ccccc5c5ccc6c(c54)-c4ccccc4C6(C)C)n3)c21. The van der Waals surface area contributed by atoms with E-state index >= 15 is 26.3 Å². The topological polar surface area (TPSA) is 48.5 Å². The van der Waals surface area contributed by atoms with Gasteiger partial charge in [-0.1, -0.05) is 167 Å². The summed E-state index contributed by atoms with van der Waals surface area (Å²) >= 11 is 0. The second-order valence-corrected chi connectivity index (χ2v) is 20.9. The molecule has 76 heavy (non-hydrogen) atoms. The third kappa shape index (κ3) is 6.50. The molecule has 2 aliphatic rings. The highest BCUT2D eigenvalue weighted by Gasteiger charge is 2.41. The standard InChI is InChI=1S/C65H43F6N5/c1-62(2)47-22-12-8-20-43(47)55-49(62)30-28-41-39-18-10-14-24-51(39)75(57(41)55)53-32-26-37(64(66,67)68)34-45(53)60-72-59(36-16-6-5-7-17-36)73-61(74-60)46-35-38(65(69,70)71)27-33-54(46)76-52-25-15-11-19-40(52)42-29-31-50-56(58(42)76)44-21-9-13-23-48(44)63(50,3)4/h5-35H,1-4H3. The van der Waals surface area contributed by atoms with E-state index in [0.29, 0.717) is 16.9 Å². The normalized spacial score (nSPS) is 14.4. The maximum atomic E-state index is 15.3. The van der Waals surface area contributed by atoms with Crippen LogP contribution in [0.15, 0.2) is 188 Å². The van der Waals surface area contributed by atoms with E-state index in [0.717, 1.165) is 112 Å². The van der Waals surface area contributed by atoms with Gasteiger partial charge in [0.15, 0.2) is 17.5 Å². The third-order valence-electron chi connectivity index (χ3n) is 16.0. The van der Waals surface area contributed by atoms with Crippen LogP contribution in [0.4, 0.5) is 26.3 Å². The van der Waals surface area contributed by atoms with Crippen molar-refractivity contribution < 1.29 is 26.3 Å². The number of fused-ring (bicyclic) bond motifs is 14. The average molecular weight is 1010 g/mol. The molecule has 12 aromatic rings. The molecular weight excluding hydrogens is 965 g/mol. The number of benzene rings is 9. The van der Waals surface area contributed by atoms with Gasteiger partial charge in [-0.05, 0) is 81.9 Å². The van der Waals surface area contributed by atoms with Crippen molar-refractivity contribution in [3.05, 3.63) is 221 Å². The molecule has 0 radical (unpaired) electrons. The Labute approximate surface area is 432 Å². The minimum Gasteiger partial charge on any atom is -0.308 e. The van der Waals surface area contributed by atoms with E-state index in [1.165, 1.54) is 12.1 Å². The van der Waals surface area contributed by atoms with Crippen molar-refractivity contribution in [1.29, 1.82) is 0 Å². The van der Waals surface area contributed by atoms with Crippen LogP contribution in [0, 0.1) is 0 Å². The van der Waals surface area contributed by atoms with Crippen LogP contribution in [0.3, 0.4) is 0 Å². The molecule has 3 aromatic heterocycles. The number of hydrogen-bond acceptors (Lipinski definition) is 3. The van der Waals surface area contributed by atoms with Crippen molar-refractivity contribution in [1.82, 2.24) is 24.1 Å². The van der Waals surface area contributed by atoms with E-state index in [1.807, 2.05) is 88.0 Å². The van der Waals surface area contributed by atoms with Crippen LogP contribution in [-0.2, 0) is 23.2 Å². The van der Waals surface area contributed by atoms with Crippen molar-refractivity contribution in [3.8, 4) is 67.8 Å². The van der Waals surface area contributed by atoms with Crippen molar-refractivity contribution in [3.63, 3.8) is 0 Å². The Bertz CT molecular complexity index is 4180. The van der Waals surface area contributed by atoms with Crippen LogP contribution in [0.2, 0.25) is 0 Å².